The Morgan fingerprint density at radius 1 is 1.23 bits per heavy atom. The van der Waals surface area contributed by atoms with E-state index in [1.807, 2.05) is 45.9 Å². The van der Waals surface area contributed by atoms with Gasteiger partial charge in [-0.1, -0.05) is 55.2 Å². The minimum Gasteiger partial charge on any atom is -0.444 e. The first-order valence-corrected chi connectivity index (χ1v) is 13.9. The van der Waals surface area contributed by atoms with Gasteiger partial charge in [0.05, 0.1) is 28.7 Å². The lowest BCUT2D eigenvalue weighted by molar-refractivity contribution is 0.0103. The van der Waals surface area contributed by atoms with Crippen LogP contribution >= 0.6 is 23.2 Å². The number of fused-ring (bicyclic) bond motifs is 1. The number of anilines is 1. The van der Waals surface area contributed by atoms with Crippen molar-refractivity contribution in [1.29, 1.82) is 0 Å². The molecule has 12 heteroatoms. The Labute approximate surface area is 242 Å². The molecular weight excluding hydrogens is 560 g/mol. The molecule has 40 heavy (non-hydrogen) atoms. The third kappa shape index (κ3) is 5.49. The molecule has 1 N–H and O–H groups in total. The highest BCUT2D eigenvalue weighted by molar-refractivity contribution is 6.38. The third-order valence-electron chi connectivity index (χ3n) is 6.92. The highest BCUT2D eigenvalue weighted by atomic mass is 35.5. The Bertz CT molecular complexity index is 1520. The number of amides is 1. The van der Waals surface area contributed by atoms with E-state index in [0.717, 1.165) is 11.1 Å². The summed E-state index contributed by atoms with van der Waals surface area (Å²) in [5.41, 5.74) is 0.898. The number of hydrogen-bond donors (Lipinski definition) is 1. The van der Waals surface area contributed by atoms with E-state index in [1.54, 1.807) is 25.7 Å². The number of carbonyl (C=O) groups is 1. The van der Waals surface area contributed by atoms with Crippen LogP contribution in [0.3, 0.4) is 0 Å². The number of ether oxygens (including phenoxy) is 1. The number of hydrogen-bond acceptors (Lipinski definition) is 7. The second-order valence-corrected chi connectivity index (χ2v) is 12.2. The first-order chi connectivity index (χ1) is 18.7. The monoisotopic (exact) mass is 593 g/mol. The number of rotatable bonds is 4. The van der Waals surface area contributed by atoms with E-state index in [-0.39, 0.29) is 47.5 Å². The zero-order chi connectivity index (χ0) is 29.7. The predicted molar refractivity (Wildman–Crippen MR) is 155 cm³/mol. The van der Waals surface area contributed by atoms with E-state index >= 15 is 4.39 Å². The fraction of sp³-hybridized carbons (Fsp3) is 0.500. The quantitative estimate of drug-likeness (QED) is 0.400. The normalized spacial score (nSPS) is 18.1. The van der Waals surface area contributed by atoms with Crippen molar-refractivity contribution in [2.24, 2.45) is 0 Å². The second-order valence-electron chi connectivity index (χ2n) is 11.4. The van der Waals surface area contributed by atoms with Gasteiger partial charge < -0.3 is 19.6 Å². The van der Waals surface area contributed by atoms with Gasteiger partial charge in [-0.15, -0.1) is 0 Å². The van der Waals surface area contributed by atoms with Gasteiger partial charge in [-0.05, 0) is 51.7 Å². The number of carbonyl (C=O) groups excluding carboxylic acids is 1. The molecule has 1 amide bonds. The van der Waals surface area contributed by atoms with Crippen LogP contribution in [0.25, 0.3) is 16.7 Å². The molecule has 216 valence electrons. The number of benzene rings is 1. The Morgan fingerprint density at radius 3 is 2.50 bits per heavy atom. The number of halogens is 3. The fourth-order valence-electron chi connectivity index (χ4n) is 5.03. The molecule has 0 unspecified atom stereocenters. The molecule has 1 aliphatic rings. The van der Waals surface area contributed by atoms with Gasteiger partial charge in [0.1, 0.15) is 11.4 Å². The number of para-hydroxylation sites is 1. The molecular formula is C28H34Cl2FN5O4. The molecule has 2 aromatic heterocycles. The van der Waals surface area contributed by atoms with Crippen LogP contribution in [0.5, 0.6) is 0 Å². The Morgan fingerprint density at radius 2 is 1.90 bits per heavy atom. The highest BCUT2D eigenvalue weighted by Gasteiger charge is 2.38. The standard InChI is InChI=1S/C28H34Cl2FN5O4/c1-14(2)18-10-8-9-15(3)22(18)36-25-19(20(29)21(31)23(30)32-25)24(33-26(36)38)35-11-16(4)34(12-17(35)13-37)27(39)40-28(5,6)7/h8-10,14,16-17,37H,11-13H2,1-7H3/t16-,17+/m0/s1. The molecule has 3 heterocycles. The molecule has 0 aliphatic carbocycles. The van der Waals surface area contributed by atoms with Crippen molar-refractivity contribution in [3.05, 3.63) is 55.8 Å². The van der Waals surface area contributed by atoms with Gasteiger partial charge in [-0.25, -0.2) is 23.5 Å². The van der Waals surface area contributed by atoms with Crippen molar-refractivity contribution in [2.75, 3.05) is 24.6 Å². The highest BCUT2D eigenvalue weighted by Crippen LogP contribution is 2.38. The number of aryl methyl sites for hydroxylation is 1. The zero-order valence-electron chi connectivity index (χ0n) is 23.6. The Balaban J connectivity index is 1.95. The molecule has 3 aromatic rings. The molecule has 4 rings (SSSR count). The van der Waals surface area contributed by atoms with Gasteiger partial charge in [0.2, 0.25) is 0 Å². The maximum atomic E-state index is 15.1. The molecule has 0 saturated carbocycles. The summed E-state index contributed by atoms with van der Waals surface area (Å²) in [6, 6.07) is 4.58. The van der Waals surface area contributed by atoms with E-state index in [4.69, 9.17) is 27.9 Å². The summed E-state index contributed by atoms with van der Waals surface area (Å²) in [6.45, 7) is 12.8. The van der Waals surface area contributed by atoms with E-state index in [0.29, 0.717) is 5.69 Å². The van der Waals surface area contributed by atoms with Crippen molar-refractivity contribution in [3.63, 3.8) is 0 Å². The van der Waals surface area contributed by atoms with Crippen molar-refractivity contribution in [2.45, 2.75) is 72.1 Å². The first-order valence-electron chi connectivity index (χ1n) is 13.1. The number of aliphatic hydroxyl groups is 1. The molecule has 1 aliphatic heterocycles. The average Bonchev–Trinajstić information content (AvgIpc) is 2.86. The maximum absolute atomic E-state index is 15.1. The number of piperazine rings is 1. The number of nitrogens with zero attached hydrogens (tertiary/aromatic N) is 5. The lowest BCUT2D eigenvalue weighted by atomic mass is 9.98. The molecule has 1 fully saturated rings. The van der Waals surface area contributed by atoms with Gasteiger partial charge in [0.25, 0.3) is 0 Å². The van der Waals surface area contributed by atoms with Crippen molar-refractivity contribution < 1.29 is 19.0 Å². The molecule has 0 bridgehead atoms. The largest absolute Gasteiger partial charge is 0.444 e. The zero-order valence-corrected chi connectivity index (χ0v) is 25.1. The van der Waals surface area contributed by atoms with Crippen molar-refractivity contribution in [3.8, 4) is 5.69 Å². The molecule has 0 radical (unpaired) electrons. The third-order valence-corrected chi connectivity index (χ3v) is 7.52. The van der Waals surface area contributed by atoms with Crippen LogP contribution in [0.2, 0.25) is 10.2 Å². The first kappa shape index (κ1) is 30.0. The number of aliphatic hydroxyl groups excluding tert-OH is 1. The molecule has 1 saturated heterocycles. The van der Waals surface area contributed by atoms with Gasteiger partial charge >= 0.3 is 11.8 Å². The van der Waals surface area contributed by atoms with Gasteiger partial charge in [0, 0.05) is 19.1 Å². The topological polar surface area (TPSA) is 101 Å². The van der Waals surface area contributed by atoms with Gasteiger partial charge in [-0.3, -0.25) is 0 Å². The summed E-state index contributed by atoms with van der Waals surface area (Å²) >= 11 is 12.7. The van der Waals surface area contributed by atoms with E-state index in [2.05, 4.69) is 9.97 Å². The lowest BCUT2D eigenvalue weighted by Gasteiger charge is -2.45. The van der Waals surface area contributed by atoms with Crippen LogP contribution in [-0.2, 0) is 4.74 Å². The number of pyridine rings is 1. The van der Waals surface area contributed by atoms with Crippen LogP contribution in [0, 0.1) is 12.7 Å². The second kappa shape index (κ2) is 11.1. The van der Waals surface area contributed by atoms with Crippen LogP contribution in [-0.4, -0.2) is 68.0 Å². The molecule has 2 atom stereocenters. The smallest absolute Gasteiger partial charge is 0.410 e. The number of aromatic nitrogens is 3. The van der Waals surface area contributed by atoms with E-state index in [9.17, 15) is 14.7 Å². The Hall–Kier alpha value is -2.95. The summed E-state index contributed by atoms with van der Waals surface area (Å²) in [5, 5.41) is 9.60. The summed E-state index contributed by atoms with van der Waals surface area (Å²) in [5.74, 6) is -0.846. The molecule has 0 spiro atoms. The van der Waals surface area contributed by atoms with Crippen LogP contribution in [0.15, 0.2) is 23.0 Å². The minimum atomic E-state index is -0.945. The SMILES string of the molecule is Cc1cccc(C(C)C)c1-n1c(=O)nc(N2C[C@H](C)N(C(=O)OC(C)(C)C)C[C@@H]2CO)c2c(Cl)c(F)c(Cl)nc21. The van der Waals surface area contributed by atoms with Crippen LogP contribution in [0.4, 0.5) is 15.0 Å². The predicted octanol–water partition coefficient (Wildman–Crippen LogP) is 5.46. The average molecular weight is 595 g/mol. The summed E-state index contributed by atoms with van der Waals surface area (Å²) < 4.78 is 22.0. The maximum Gasteiger partial charge on any atom is 0.410 e. The molecule has 9 nitrogen and oxygen atoms in total. The Kier molecular flexibility index (Phi) is 8.36. The van der Waals surface area contributed by atoms with E-state index in [1.165, 1.54) is 9.47 Å². The van der Waals surface area contributed by atoms with Gasteiger partial charge in [0.15, 0.2) is 16.6 Å². The summed E-state index contributed by atoms with van der Waals surface area (Å²) in [4.78, 5) is 38.5. The van der Waals surface area contributed by atoms with Crippen molar-refractivity contribution in [1.82, 2.24) is 19.4 Å². The van der Waals surface area contributed by atoms with Gasteiger partial charge in [-0.2, -0.15) is 4.98 Å². The lowest BCUT2D eigenvalue weighted by Crippen LogP contribution is -2.61. The molecule has 1 aromatic carbocycles. The van der Waals surface area contributed by atoms with E-state index < -0.39 is 40.4 Å². The van der Waals surface area contributed by atoms with Crippen LogP contribution in [0.1, 0.15) is 58.6 Å². The van der Waals surface area contributed by atoms with Crippen molar-refractivity contribution >= 4 is 46.1 Å². The fourth-order valence-corrected chi connectivity index (χ4v) is 5.52. The summed E-state index contributed by atoms with van der Waals surface area (Å²) in [6.07, 6.45) is -0.523. The minimum absolute atomic E-state index is 0.0431. The summed E-state index contributed by atoms with van der Waals surface area (Å²) in [7, 11) is 0. The van der Waals surface area contributed by atoms with Crippen LogP contribution < -0.4 is 10.6 Å².